The van der Waals surface area contributed by atoms with Crippen LogP contribution in [0.3, 0.4) is 0 Å². The van der Waals surface area contributed by atoms with Crippen molar-refractivity contribution in [1.82, 2.24) is 5.32 Å². The summed E-state index contributed by atoms with van der Waals surface area (Å²) in [7, 11) is 0. The van der Waals surface area contributed by atoms with Crippen LogP contribution < -0.4 is 14.8 Å². The second kappa shape index (κ2) is 6.41. The van der Waals surface area contributed by atoms with Crippen molar-refractivity contribution in [2.24, 2.45) is 0 Å². The van der Waals surface area contributed by atoms with Gasteiger partial charge in [0.1, 0.15) is 13.2 Å². The number of hydrogen-bond donors (Lipinski definition) is 2. The first-order chi connectivity index (χ1) is 10.2. The second-order valence-corrected chi connectivity index (χ2v) is 6.08. The van der Waals surface area contributed by atoms with Crippen LogP contribution >= 0.6 is 24.0 Å². The third kappa shape index (κ3) is 3.51. The molecule has 110 valence electrons. The van der Waals surface area contributed by atoms with E-state index in [1.54, 1.807) is 6.07 Å². The summed E-state index contributed by atoms with van der Waals surface area (Å²) in [6.07, 6.45) is 0.751. The Labute approximate surface area is 132 Å². The van der Waals surface area contributed by atoms with E-state index in [-0.39, 0.29) is 5.91 Å². The largest absolute Gasteiger partial charge is 0.486 e. The average Bonchev–Trinajstić information content (AvgIpc) is 2.94. The molecule has 0 saturated carbocycles. The fourth-order valence-electron chi connectivity index (χ4n) is 2.10. The summed E-state index contributed by atoms with van der Waals surface area (Å²) in [5.74, 6) is 1.51. The molecule has 0 atom stereocenters. The molecule has 1 aliphatic rings. The van der Waals surface area contributed by atoms with Crippen LogP contribution in [0.4, 0.5) is 0 Å². The van der Waals surface area contributed by atoms with Gasteiger partial charge >= 0.3 is 0 Å². The van der Waals surface area contributed by atoms with Crippen LogP contribution in [0.15, 0.2) is 34.5 Å². The summed E-state index contributed by atoms with van der Waals surface area (Å²) in [5, 5.41) is 4.75. The Morgan fingerprint density at radius 1 is 1.24 bits per heavy atom. The standard InChI is InChI=1S/C15H15NO3S2/c17-15(14-8-11(20)9-21-14)16-4-3-10-1-2-12-13(7-10)19-6-5-18-12/h1-2,7-9,20H,3-6H2,(H,16,17). The topological polar surface area (TPSA) is 47.6 Å². The van der Waals surface area contributed by atoms with E-state index >= 15 is 0 Å². The molecule has 6 heteroatoms. The molecule has 0 aliphatic carbocycles. The van der Waals surface area contributed by atoms with Crippen molar-refractivity contribution in [3.63, 3.8) is 0 Å². The number of thiophene rings is 1. The molecular weight excluding hydrogens is 306 g/mol. The molecule has 4 nitrogen and oxygen atoms in total. The average molecular weight is 321 g/mol. The van der Waals surface area contributed by atoms with Gasteiger partial charge in [-0.2, -0.15) is 0 Å². The van der Waals surface area contributed by atoms with Gasteiger partial charge in [-0.05, 0) is 30.2 Å². The minimum atomic E-state index is -0.0576. The molecular formula is C15H15NO3S2. The third-order valence-electron chi connectivity index (χ3n) is 3.12. The van der Waals surface area contributed by atoms with E-state index in [9.17, 15) is 4.79 Å². The van der Waals surface area contributed by atoms with Crippen molar-refractivity contribution in [1.29, 1.82) is 0 Å². The summed E-state index contributed by atoms with van der Waals surface area (Å²) >= 11 is 5.60. The molecule has 0 fully saturated rings. The lowest BCUT2D eigenvalue weighted by atomic mass is 10.1. The number of carbonyl (C=O) groups is 1. The molecule has 1 amide bonds. The summed E-state index contributed by atoms with van der Waals surface area (Å²) in [6.45, 7) is 1.76. The summed E-state index contributed by atoms with van der Waals surface area (Å²) in [6, 6.07) is 7.65. The number of rotatable bonds is 4. The lowest BCUT2D eigenvalue weighted by Gasteiger charge is -2.18. The molecule has 2 aromatic rings. The summed E-state index contributed by atoms with van der Waals surface area (Å²) in [4.78, 5) is 13.4. The Balaban J connectivity index is 1.54. The highest BCUT2D eigenvalue weighted by Crippen LogP contribution is 2.30. The molecule has 1 aromatic carbocycles. The van der Waals surface area contributed by atoms with E-state index in [1.807, 2.05) is 23.6 Å². The maximum Gasteiger partial charge on any atom is 0.261 e. The van der Waals surface area contributed by atoms with Gasteiger partial charge in [0, 0.05) is 16.8 Å². The van der Waals surface area contributed by atoms with Gasteiger partial charge in [-0.1, -0.05) is 6.07 Å². The monoisotopic (exact) mass is 321 g/mol. The van der Waals surface area contributed by atoms with Gasteiger partial charge < -0.3 is 14.8 Å². The molecule has 0 bridgehead atoms. The van der Waals surface area contributed by atoms with Gasteiger partial charge in [-0.25, -0.2) is 0 Å². The molecule has 0 radical (unpaired) electrons. The van der Waals surface area contributed by atoms with Gasteiger partial charge in [-0.3, -0.25) is 4.79 Å². The lowest BCUT2D eigenvalue weighted by molar-refractivity contribution is 0.0958. The molecule has 1 aliphatic heterocycles. The van der Waals surface area contributed by atoms with Crippen molar-refractivity contribution >= 4 is 29.9 Å². The maximum atomic E-state index is 11.9. The molecule has 1 N–H and O–H groups in total. The van der Waals surface area contributed by atoms with Crippen LogP contribution in [0.1, 0.15) is 15.2 Å². The predicted molar refractivity (Wildman–Crippen MR) is 85.0 cm³/mol. The van der Waals surface area contributed by atoms with Crippen molar-refractivity contribution in [2.45, 2.75) is 11.3 Å². The Morgan fingerprint density at radius 2 is 2.05 bits per heavy atom. The van der Waals surface area contributed by atoms with E-state index < -0.39 is 0 Å². The molecule has 21 heavy (non-hydrogen) atoms. The number of benzene rings is 1. The molecule has 0 spiro atoms. The number of hydrogen-bond acceptors (Lipinski definition) is 5. The molecule has 0 unspecified atom stereocenters. The van der Waals surface area contributed by atoms with Crippen LogP contribution in [-0.4, -0.2) is 25.7 Å². The lowest BCUT2D eigenvalue weighted by Crippen LogP contribution is -2.24. The van der Waals surface area contributed by atoms with Gasteiger partial charge in [-0.15, -0.1) is 24.0 Å². The van der Waals surface area contributed by atoms with E-state index in [0.717, 1.165) is 28.4 Å². The molecule has 3 rings (SSSR count). The number of carbonyl (C=O) groups excluding carboxylic acids is 1. The van der Waals surface area contributed by atoms with Crippen LogP contribution in [0.25, 0.3) is 0 Å². The van der Waals surface area contributed by atoms with E-state index in [0.29, 0.717) is 24.6 Å². The molecule has 2 heterocycles. The zero-order valence-corrected chi connectivity index (χ0v) is 13.0. The smallest absolute Gasteiger partial charge is 0.261 e. The van der Waals surface area contributed by atoms with Crippen LogP contribution in [0.5, 0.6) is 11.5 Å². The number of ether oxygens (including phenoxy) is 2. The summed E-state index contributed by atoms with van der Waals surface area (Å²) < 4.78 is 11.0. The predicted octanol–water partition coefficient (Wildman–Crippen LogP) is 2.78. The zero-order valence-electron chi connectivity index (χ0n) is 11.3. The van der Waals surface area contributed by atoms with E-state index in [4.69, 9.17) is 9.47 Å². The fourth-order valence-corrected chi connectivity index (χ4v) is 3.16. The highest BCUT2D eigenvalue weighted by atomic mass is 32.1. The highest BCUT2D eigenvalue weighted by Gasteiger charge is 2.12. The second-order valence-electron chi connectivity index (χ2n) is 4.65. The van der Waals surface area contributed by atoms with E-state index in [1.165, 1.54) is 11.3 Å². The zero-order chi connectivity index (χ0) is 14.7. The van der Waals surface area contributed by atoms with Crippen molar-refractivity contribution < 1.29 is 14.3 Å². The normalized spacial score (nSPS) is 13.0. The van der Waals surface area contributed by atoms with Gasteiger partial charge in [0.25, 0.3) is 5.91 Å². The van der Waals surface area contributed by atoms with Crippen molar-refractivity contribution in [2.75, 3.05) is 19.8 Å². The Bertz CT molecular complexity index is 654. The first-order valence-corrected chi connectivity index (χ1v) is 7.99. The SMILES string of the molecule is O=C(NCCc1ccc2c(c1)OCCO2)c1cc(S)cs1. The van der Waals surface area contributed by atoms with Crippen LogP contribution in [0, 0.1) is 0 Å². The Hall–Kier alpha value is -1.66. The van der Waals surface area contributed by atoms with Crippen molar-refractivity contribution in [3.8, 4) is 11.5 Å². The number of amides is 1. The van der Waals surface area contributed by atoms with E-state index in [2.05, 4.69) is 17.9 Å². The fraction of sp³-hybridized carbons (Fsp3) is 0.267. The molecule has 0 saturated heterocycles. The molecule has 1 aromatic heterocycles. The Morgan fingerprint density at radius 3 is 2.81 bits per heavy atom. The summed E-state index contributed by atoms with van der Waals surface area (Å²) in [5.41, 5.74) is 1.11. The number of nitrogens with one attached hydrogen (secondary N) is 1. The first kappa shape index (κ1) is 14.3. The van der Waals surface area contributed by atoms with Gasteiger partial charge in [0.2, 0.25) is 0 Å². The highest BCUT2D eigenvalue weighted by molar-refractivity contribution is 7.80. The maximum absolute atomic E-state index is 11.9. The first-order valence-electron chi connectivity index (χ1n) is 6.66. The minimum absolute atomic E-state index is 0.0576. The number of thiol groups is 1. The van der Waals surface area contributed by atoms with Crippen LogP contribution in [-0.2, 0) is 6.42 Å². The van der Waals surface area contributed by atoms with Gasteiger partial charge in [0.05, 0.1) is 4.88 Å². The quantitative estimate of drug-likeness (QED) is 0.851. The third-order valence-corrected chi connectivity index (χ3v) is 4.48. The van der Waals surface area contributed by atoms with Crippen LogP contribution in [0.2, 0.25) is 0 Å². The Kier molecular flexibility index (Phi) is 4.36. The number of fused-ring (bicyclic) bond motifs is 1. The minimum Gasteiger partial charge on any atom is -0.486 e. The van der Waals surface area contributed by atoms with Gasteiger partial charge in [0.15, 0.2) is 11.5 Å². The van der Waals surface area contributed by atoms with Crippen molar-refractivity contribution in [3.05, 3.63) is 40.1 Å².